The molecule has 1 N–H and O–H groups in total. The van der Waals surface area contributed by atoms with Gasteiger partial charge in [0.25, 0.3) is 0 Å². The number of fused-ring (bicyclic) bond motifs is 3. The summed E-state index contributed by atoms with van der Waals surface area (Å²) in [6.07, 6.45) is 4.16. The van der Waals surface area contributed by atoms with Gasteiger partial charge in [0, 0.05) is 31.5 Å². The van der Waals surface area contributed by atoms with Gasteiger partial charge in [-0.3, -0.25) is 9.29 Å². The Morgan fingerprint density at radius 2 is 2.00 bits per heavy atom. The summed E-state index contributed by atoms with van der Waals surface area (Å²) in [5.74, 6) is 0.767. The van der Waals surface area contributed by atoms with Crippen molar-refractivity contribution in [3.63, 3.8) is 0 Å². The highest BCUT2D eigenvalue weighted by molar-refractivity contribution is 7.59. The zero-order chi connectivity index (χ0) is 17.3. The van der Waals surface area contributed by atoms with Crippen LogP contribution in [0.5, 0.6) is 0 Å². The molecule has 158 valence electrons. The summed E-state index contributed by atoms with van der Waals surface area (Å²) >= 11 is 0. The molecule has 27 heavy (non-hydrogen) atoms. The van der Waals surface area contributed by atoms with Crippen molar-refractivity contribution >= 4 is 40.5 Å². The van der Waals surface area contributed by atoms with E-state index in [-0.39, 0.29) is 58.9 Å². The molecule has 1 unspecified atom stereocenters. The summed E-state index contributed by atoms with van der Waals surface area (Å²) in [6.45, 7) is 8.11. The van der Waals surface area contributed by atoms with E-state index in [1.807, 2.05) is 0 Å². The molecule has 0 spiro atoms. The van der Waals surface area contributed by atoms with E-state index in [1.54, 1.807) is 0 Å². The van der Waals surface area contributed by atoms with Crippen LogP contribution in [-0.2, 0) is 6.42 Å². The van der Waals surface area contributed by atoms with Crippen molar-refractivity contribution in [2.24, 2.45) is 11.8 Å². The van der Waals surface area contributed by atoms with Gasteiger partial charge in [-0.1, -0.05) is 44.0 Å². The Bertz CT molecular complexity index is 589. The van der Waals surface area contributed by atoms with Gasteiger partial charge in [0.15, 0.2) is 0 Å². The van der Waals surface area contributed by atoms with E-state index in [1.165, 1.54) is 16.7 Å². The number of rotatable bonds is 5. The van der Waals surface area contributed by atoms with Gasteiger partial charge in [0.05, 0.1) is 12.3 Å². The van der Waals surface area contributed by atoms with Crippen LogP contribution in [0.3, 0.4) is 0 Å². The van der Waals surface area contributed by atoms with Crippen LogP contribution >= 0.6 is 40.5 Å². The third-order valence-electron chi connectivity index (χ3n) is 6.44. The number of nitrogens with zero attached hydrogens (tertiary/aromatic N) is 1. The predicted octanol–water partition coefficient (Wildman–Crippen LogP) is 4.78. The Kier molecular flexibility index (Phi) is 11.4. The van der Waals surface area contributed by atoms with Gasteiger partial charge in [-0.05, 0) is 43.2 Å². The molecule has 0 aliphatic carbocycles. The second-order valence-electron chi connectivity index (χ2n) is 8.16. The first-order valence-corrected chi connectivity index (χ1v) is 9.58. The summed E-state index contributed by atoms with van der Waals surface area (Å²) in [7, 11) is 0. The normalized spacial score (nSPS) is 27.9. The van der Waals surface area contributed by atoms with Crippen LogP contribution in [0, 0.1) is 18.8 Å². The lowest BCUT2D eigenvalue weighted by molar-refractivity contribution is -0.111. The average Bonchev–Trinajstić information content (AvgIpc) is 2.55. The number of halogens is 1. The third-order valence-corrected chi connectivity index (χ3v) is 6.44. The molecule has 2 heterocycles. The lowest BCUT2D eigenvalue weighted by Gasteiger charge is -2.52. The summed E-state index contributed by atoms with van der Waals surface area (Å²) in [5.41, 5.74) is 3.20. The molecule has 0 aromatic heterocycles. The summed E-state index contributed by atoms with van der Waals surface area (Å²) in [5, 5.41) is 11.3. The largest absolute Gasteiger partial charge is 0.389 e. The number of hydrogen-bond donors (Lipinski definition) is 1. The maximum absolute atomic E-state index is 13.2. The molecule has 2 nitrogen and oxygen atoms in total. The number of aryl methyl sites for hydroxylation is 1. The first-order chi connectivity index (χ1) is 11.5. The quantitative estimate of drug-likeness (QED) is 0.719. The Morgan fingerprint density at radius 1 is 1.30 bits per heavy atom. The Hall–Kier alpha value is 0.120. The molecule has 0 amide bonds. The maximum Gasteiger partial charge on any atom is 0.0922 e. The fraction of sp³-hybridized carbons (Fsp3) is 0.714. The second kappa shape index (κ2) is 11.3. The highest BCUT2D eigenvalue weighted by Gasteiger charge is 2.47. The maximum atomic E-state index is 13.2. The number of hydrogen-bond acceptors (Lipinski definition) is 2. The number of alkyl halides is 1. The molecule has 1 fully saturated rings. The van der Waals surface area contributed by atoms with Gasteiger partial charge >= 0.3 is 0 Å². The number of aliphatic hydroxyl groups is 1. The van der Waals surface area contributed by atoms with Crippen LogP contribution in [0.2, 0.25) is 0 Å². The van der Waals surface area contributed by atoms with Gasteiger partial charge in [0.1, 0.15) is 0 Å². The van der Waals surface area contributed by atoms with E-state index in [0.29, 0.717) is 12.3 Å². The van der Waals surface area contributed by atoms with Crippen molar-refractivity contribution in [3.05, 3.63) is 34.9 Å². The monoisotopic (exact) mass is 435 g/mol. The molecule has 2 aliphatic rings. The highest BCUT2D eigenvalue weighted by atomic mass is 32.1. The Morgan fingerprint density at radius 3 is 2.63 bits per heavy atom. The zero-order valence-electron chi connectivity index (χ0n) is 16.9. The number of benzene rings is 1. The summed E-state index contributed by atoms with van der Waals surface area (Å²) in [4.78, 5) is 2.54. The predicted molar refractivity (Wildman–Crippen MR) is 128 cm³/mol. The van der Waals surface area contributed by atoms with Crippen LogP contribution in [-0.4, -0.2) is 35.4 Å². The molecule has 0 radical (unpaired) electrons. The van der Waals surface area contributed by atoms with E-state index in [2.05, 4.69) is 43.9 Å². The van der Waals surface area contributed by atoms with Crippen LogP contribution in [0.4, 0.5) is 4.39 Å². The van der Waals surface area contributed by atoms with Gasteiger partial charge in [-0.25, -0.2) is 0 Å². The molecule has 0 saturated carbocycles. The Balaban J connectivity index is 0.00000225. The van der Waals surface area contributed by atoms with E-state index in [4.69, 9.17) is 0 Å². The van der Waals surface area contributed by atoms with Crippen LogP contribution in [0.15, 0.2) is 18.2 Å². The molecular formula is C21H38FNOS3. The van der Waals surface area contributed by atoms with Crippen molar-refractivity contribution in [2.75, 3.05) is 19.8 Å². The molecule has 4 atom stereocenters. The molecule has 1 saturated heterocycles. The van der Waals surface area contributed by atoms with Gasteiger partial charge in [-0.2, -0.15) is 40.5 Å². The van der Waals surface area contributed by atoms with E-state index < -0.39 is 12.3 Å². The first kappa shape index (κ1) is 27.1. The minimum absolute atomic E-state index is 0. The summed E-state index contributed by atoms with van der Waals surface area (Å²) < 4.78 is 13.2. The highest BCUT2D eigenvalue weighted by Crippen LogP contribution is 2.46. The van der Waals surface area contributed by atoms with Crippen molar-refractivity contribution in [1.29, 1.82) is 0 Å². The van der Waals surface area contributed by atoms with E-state index in [9.17, 15) is 9.50 Å². The topological polar surface area (TPSA) is 23.5 Å². The van der Waals surface area contributed by atoms with Crippen molar-refractivity contribution in [2.45, 2.75) is 64.5 Å². The minimum Gasteiger partial charge on any atom is -0.389 e. The zero-order valence-corrected chi connectivity index (χ0v) is 19.9. The molecule has 0 bridgehead atoms. The van der Waals surface area contributed by atoms with Crippen LogP contribution in [0.25, 0.3) is 0 Å². The third kappa shape index (κ3) is 5.81. The van der Waals surface area contributed by atoms with Crippen LogP contribution < -0.4 is 0 Å². The van der Waals surface area contributed by atoms with E-state index >= 15 is 0 Å². The first-order valence-electron chi connectivity index (χ1n) is 9.58. The van der Waals surface area contributed by atoms with Crippen molar-refractivity contribution in [1.82, 2.24) is 4.90 Å². The Labute approximate surface area is 185 Å². The molecule has 1 aromatic carbocycles. The standard InChI is InChI=1S/C21H32FNO.3H2S/c1-4-15(2)12-18-14-23-10-7-17-11-16(3)5-6-19(17)20(23)13-21(18,24)8-9-22;;;/h5-6,11,15,18,20,24H,4,7-10,12-14H2,1-3H3;3*1H2/t15?,18-,20-,21-;;;/m0.../s1. The SMILES string of the molecule is CCC(C)C[C@H]1CN2CCc3cc(C)ccc3[C@@H]2C[C@@]1(O)CCF.S.S.S. The molecular weight excluding hydrogens is 397 g/mol. The average molecular weight is 436 g/mol. The van der Waals surface area contributed by atoms with Gasteiger partial charge in [-0.15, -0.1) is 0 Å². The fourth-order valence-corrected chi connectivity index (χ4v) is 4.72. The van der Waals surface area contributed by atoms with Crippen molar-refractivity contribution < 1.29 is 9.50 Å². The molecule has 2 aliphatic heterocycles. The lowest BCUT2D eigenvalue weighted by Crippen LogP contribution is -2.55. The number of piperidine rings is 1. The second-order valence-corrected chi connectivity index (χ2v) is 8.16. The molecule has 6 heteroatoms. The smallest absolute Gasteiger partial charge is 0.0922 e. The van der Waals surface area contributed by atoms with Crippen molar-refractivity contribution in [3.8, 4) is 0 Å². The molecule has 1 aromatic rings. The van der Waals surface area contributed by atoms with E-state index in [0.717, 1.165) is 32.4 Å². The molecule has 3 rings (SSSR count). The van der Waals surface area contributed by atoms with Gasteiger partial charge < -0.3 is 5.11 Å². The van der Waals surface area contributed by atoms with Gasteiger partial charge in [0.2, 0.25) is 0 Å². The van der Waals surface area contributed by atoms with Crippen LogP contribution in [0.1, 0.15) is 62.3 Å². The lowest BCUT2D eigenvalue weighted by atomic mass is 9.69. The fourth-order valence-electron chi connectivity index (χ4n) is 4.72. The minimum atomic E-state index is -0.862. The summed E-state index contributed by atoms with van der Waals surface area (Å²) in [6, 6.07) is 6.93.